The summed E-state index contributed by atoms with van der Waals surface area (Å²) in [5.74, 6) is -0.964. The van der Waals surface area contributed by atoms with Gasteiger partial charge in [-0.05, 0) is 53.3 Å². The number of alkyl halides is 2. The molecule has 3 rings (SSSR count). The number of aromatic nitrogens is 5. The van der Waals surface area contributed by atoms with Crippen molar-refractivity contribution in [1.82, 2.24) is 25.0 Å². The smallest absolute Gasteiger partial charge is 0.316 e. The second kappa shape index (κ2) is 7.33. The molecule has 0 aliphatic carbocycles. The van der Waals surface area contributed by atoms with Gasteiger partial charge in [-0.3, -0.25) is 0 Å². The number of ether oxygens (including phenoxy) is 1. The number of benzene rings is 1. The van der Waals surface area contributed by atoms with Gasteiger partial charge in [0.2, 0.25) is 0 Å². The fourth-order valence-electron chi connectivity index (χ4n) is 1.97. The van der Waals surface area contributed by atoms with E-state index in [-0.39, 0.29) is 18.3 Å². The van der Waals surface area contributed by atoms with Crippen molar-refractivity contribution in [1.29, 1.82) is 0 Å². The largest absolute Gasteiger partial charge is 0.457 e. The van der Waals surface area contributed by atoms with Crippen molar-refractivity contribution in [3.8, 4) is 11.7 Å². The minimum Gasteiger partial charge on any atom is -0.457 e. The van der Waals surface area contributed by atoms with Gasteiger partial charge in [-0.25, -0.2) is 27.8 Å². The Morgan fingerprint density at radius 2 is 1.96 bits per heavy atom. The molecule has 10 heteroatoms. The van der Waals surface area contributed by atoms with Crippen molar-refractivity contribution in [2.75, 3.05) is 0 Å². The van der Waals surface area contributed by atoms with Crippen LogP contribution in [0.1, 0.15) is 23.2 Å². The third-order valence-electron chi connectivity index (χ3n) is 3.23. The third kappa shape index (κ3) is 3.89. The summed E-state index contributed by atoms with van der Waals surface area (Å²) in [6, 6.07) is 3.57. The van der Waals surface area contributed by atoms with E-state index >= 15 is 0 Å². The molecule has 0 spiro atoms. The van der Waals surface area contributed by atoms with Gasteiger partial charge in [0.15, 0.2) is 0 Å². The van der Waals surface area contributed by atoms with Crippen LogP contribution in [0.5, 0.6) is 6.01 Å². The highest BCUT2D eigenvalue weighted by atomic mass is 127. The summed E-state index contributed by atoms with van der Waals surface area (Å²) in [6.45, 7) is 1.92. The van der Waals surface area contributed by atoms with Crippen LogP contribution in [0.15, 0.2) is 30.6 Å². The van der Waals surface area contributed by atoms with Crippen molar-refractivity contribution < 1.29 is 17.9 Å². The first-order chi connectivity index (χ1) is 12.0. The van der Waals surface area contributed by atoms with Gasteiger partial charge in [0, 0.05) is 12.4 Å². The molecule has 25 heavy (non-hydrogen) atoms. The fourth-order valence-corrected chi connectivity index (χ4v) is 2.61. The Bertz CT molecular complexity index is 885. The number of rotatable bonds is 5. The highest BCUT2D eigenvalue weighted by Crippen LogP contribution is 2.25. The molecular weight excluding hydrogens is 450 g/mol. The fraction of sp³-hybridized carbons (Fsp3) is 0.200. The lowest BCUT2D eigenvalue weighted by atomic mass is 10.2. The van der Waals surface area contributed by atoms with Crippen LogP contribution in [0, 0.1) is 16.4 Å². The van der Waals surface area contributed by atoms with Crippen molar-refractivity contribution in [3.63, 3.8) is 0 Å². The van der Waals surface area contributed by atoms with Crippen LogP contribution in [-0.4, -0.2) is 25.0 Å². The molecule has 2 aromatic heterocycles. The van der Waals surface area contributed by atoms with Crippen molar-refractivity contribution in [2.24, 2.45) is 0 Å². The lowest BCUT2D eigenvalue weighted by Gasteiger charge is -2.07. The van der Waals surface area contributed by atoms with E-state index in [1.165, 1.54) is 10.7 Å². The lowest BCUT2D eigenvalue weighted by Crippen LogP contribution is -2.04. The molecule has 0 aliphatic rings. The Morgan fingerprint density at radius 1 is 1.24 bits per heavy atom. The van der Waals surface area contributed by atoms with Crippen molar-refractivity contribution >= 4 is 22.6 Å². The van der Waals surface area contributed by atoms with Gasteiger partial charge in [-0.1, -0.05) is 5.21 Å². The predicted molar refractivity (Wildman–Crippen MR) is 90.1 cm³/mol. The van der Waals surface area contributed by atoms with Gasteiger partial charge in [-0.15, -0.1) is 5.10 Å². The summed E-state index contributed by atoms with van der Waals surface area (Å²) in [6.07, 6.45) is 0.325. The molecule has 0 bridgehead atoms. The van der Waals surface area contributed by atoms with Crippen LogP contribution in [0.2, 0.25) is 0 Å². The number of hydrogen-bond donors (Lipinski definition) is 0. The average Bonchev–Trinajstić information content (AvgIpc) is 2.95. The summed E-state index contributed by atoms with van der Waals surface area (Å²) in [4.78, 5) is 8.03. The third-order valence-corrected chi connectivity index (χ3v) is 4.31. The summed E-state index contributed by atoms with van der Waals surface area (Å²) in [7, 11) is 0. The molecule has 0 radical (unpaired) electrons. The van der Waals surface area contributed by atoms with Crippen LogP contribution in [0.25, 0.3) is 5.69 Å². The van der Waals surface area contributed by atoms with Crippen LogP contribution in [-0.2, 0) is 6.61 Å². The average molecular weight is 461 g/mol. The van der Waals surface area contributed by atoms with Crippen LogP contribution in [0.3, 0.4) is 0 Å². The zero-order chi connectivity index (χ0) is 18.0. The maximum Gasteiger partial charge on any atom is 0.316 e. The molecule has 130 valence electrons. The van der Waals surface area contributed by atoms with E-state index in [9.17, 15) is 13.2 Å². The van der Waals surface area contributed by atoms with E-state index in [0.29, 0.717) is 9.39 Å². The minimum atomic E-state index is -2.91. The number of hydrogen-bond acceptors (Lipinski definition) is 5. The van der Waals surface area contributed by atoms with Crippen molar-refractivity contribution in [3.05, 3.63) is 56.9 Å². The van der Waals surface area contributed by atoms with Gasteiger partial charge in [0.25, 0.3) is 6.43 Å². The molecule has 2 heterocycles. The Kier molecular flexibility index (Phi) is 5.16. The second-order valence-corrected chi connectivity index (χ2v) is 6.10. The molecule has 6 nitrogen and oxygen atoms in total. The van der Waals surface area contributed by atoms with Crippen molar-refractivity contribution in [2.45, 2.75) is 20.0 Å². The number of aryl methyl sites for hydroxylation is 1. The molecule has 0 unspecified atom stereocenters. The van der Waals surface area contributed by atoms with E-state index in [2.05, 4.69) is 20.3 Å². The molecule has 0 saturated carbocycles. The highest BCUT2D eigenvalue weighted by Gasteiger charge is 2.17. The minimum absolute atomic E-state index is 0.0598. The molecule has 0 atom stereocenters. The van der Waals surface area contributed by atoms with Gasteiger partial charge in [-0.2, -0.15) is 0 Å². The quantitative estimate of drug-likeness (QED) is 0.544. The highest BCUT2D eigenvalue weighted by molar-refractivity contribution is 14.1. The first-order valence-corrected chi connectivity index (χ1v) is 8.13. The summed E-state index contributed by atoms with van der Waals surface area (Å²) in [5.41, 5.74) is 0.979. The van der Waals surface area contributed by atoms with Crippen LogP contribution >= 0.6 is 22.6 Å². The number of halogens is 4. The van der Waals surface area contributed by atoms with E-state index < -0.39 is 17.8 Å². The van der Waals surface area contributed by atoms with E-state index in [0.717, 1.165) is 17.7 Å². The lowest BCUT2D eigenvalue weighted by molar-refractivity contribution is 0.146. The zero-order valence-corrected chi connectivity index (χ0v) is 15.0. The summed E-state index contributed by atoms with van der Waals surface area (Å²) in [5, 5.41) is 7.88. The van der Waals surface area contributed by atoms with Gasteiger partial charge in [0.05, 0.1) is 11.3 Å². The first kappa shape index (κ1) is 17.6. The maximum absolute atomic E-state index is 13.4. The normalized spacial score (nSPS) is 11.1. The monoisotopic (exact) mass is 461 g/mol. The SMILES string of the molecule is Cc1cnc(OCc2nnn(-c3ccc(F)c(C(F)F)c3)c2I)nc1. The molecular formula is C15H11F3IN5O. The Balaban J connectivity index is 1.81. The summed E-state index contributed by atoms with van der Waals surface area (Å²) >= 11 is 1.96. The van der Waals surface area contributed by atoms with E-state index in [4.69, 9.17) is 4.74 Å². The zero-order valence-electron chi connectivity index (χ0n) is 12.8. The molecule has 0 amide bonds. The Labute approximate surface area is 154 Å². The maximum atomic E-state index is 13.4. The molecule has 0 aliphatic heterocycles. The molecule has 0 N–H and O–H groups in total. The van der Waals surface area contributed by atoms with Gasteiger partial charge in [0.1, 0.15) is 21.8 Å². The molecule has 1 aromatic carbocycles. The standard InChI is InChI=1S/C15H11F3IN5O/c1-8-5-20-15(21-6-8)25-7-12-14(19)24(23-22-12)9-2-3-11(16)10(4-9)13(17)18/h2-6,13H,7H2,1H3. The summed E-state index contributed by atoms with van der Waals surface area (Å²) < 4.78 is 46.4. The second-order valence-electron chi connectivity index (χ2n) is 5.08. The topological polar surface area (TPSA) is 65.7 Å². The van der Waals surface area contributed by atoms with Gasteiger partial charge < -0.3 is 4.74 Å². The Hall–Kier alpha value is -2.24. The van der Waals surface area contributed by atoms with E-state index in [1.54, 1.807) is 12.4 Å². The number of nitrogens with zero attached hydrogens (tertiary/aromatic N) is 5. The van der Waals surface area contributed by atoms with E-state index in [1.807, 2.05) is 29.5 Å². The first-order valence-electron chi connectivity index (χ1n) is 7.05. The van der Waals surface area contributed by atoms with Gasteiger partial charge >= 0.3 is 6.01 Å². The van der Waals surface area contributed by atoms with Crippen LogP contribution in [0.4, 0.5) is 13.2 Å². The van der Waals surface area contributed by atoms with Crippen LogP contribution < -0.4 is 4.74 Å². The molecule has 0 fully saturated rings. The predicted octanol–water partition coefficient (Wildman–Crippen LogP) is 3.63. The molecule has 3 aromatic rings. The molecule has 0 saturated heterocycles. The Morgan fingerprint density at radius 3 is 2.64 bits per heavy atom.